The Morgan fingerprint density at radius 2 is 2.10 bits per heavy atom. The van der Waals surface area contributed by atoms with Crippen LogP contribution in [0.15, 0.2) is 50.9 Å². The molecule has 8 heteroatoms. The molecule has 0 fully saturated rings. The maximum absolute atomic E-state index is 11.3. The molecule has 0 spiro atoms. The zero-order valence-electron chi connectivity index (χ0n) is 11.5. The summed E-state index contributed by atoms with van der Waals surface area (Å²) in [6, 6.07) is 5.26. The third kappa shape index (κ3) is 3.50. The van der Waals surface area contributed by atoms with Crippen molar-refractivity contribution in [3.05, 3.63) is 36.0 Å². The van der Waals surface area contributed by atoms with E-state index in [2.05, 4.69) is 32.3 Å². The Hall–Kier alpha value is -3.03. The summed E-state index contributed by atoms with van der Waals surface area (Å²) in [5, 5.41) is 17.2. The van der Waals surface area contributed by atoms with E-state index in [1.54, 1.807) is 32.4 Å². The highest BCUT2D eigenvalue weighted by atomic mass is 16.5. The van der Waals surface area contributed by atoms with Gasteiger partial charge in [-0.25, -0.2) is 0 Å². The van der Waals surface area contributed by atoms with Gasteiger partial charge in [-0.3, -0.25) is 10.1 Å². The number of hydrogen-bond donors (Lipinski definition) is 1. The Morgan fingerprint density at radius 3 is 2.76 bits per heavy atom. The third-order valence-corrected chi connectivity index (χ3v) is 2.54. The van der Waals surface area contributed by atoms with Crippen molar-refractivity contribution in [1.29, 1.82) is 0 Å². The predicted octanol–water partition coefficient (Wildman–Crippen LogP) is 1.49. The number of guanidine groups is 1. The highest BCUT2D eigenvalue weighted by molar-refractivity contribution is 6.06. The smallest absolute Gasteiger partial charge is 0.277 e. The second-order valence-electron chi connectivity index (χ2n) is 3.88. The van der Waals surface area contributed by atoms with Gasteiger partial charge in [0.05, 0.1) is 20.4 Å². The van der Waals surface area contributed by atoms with E-state index < -0.39 is 5.91 Å². The molecule has 1 aromatic rings. The summed E-state index contributed by atoms with van der Waals surface area (Å²) in [6.45, 7) is 3.40. The Kier molecular flexibility index (Phi) is 4.39. The van der Waals surface area contributed by atoms with Gasteiger partial charge in [-0.2, -0.15) is 5.10 Å². The minimum atomic E-state index is -0.460. The number of rotatable bonds is 4. The van der Waals surface area contributed by atoms with Crippen molar-refractivity contribution in [3.63, 3.8) is 0 Å². The van der Waals surface area contributed by atoms with Crippen LogP contribution in [0, 0.1) is 0 Å². The zero-order chi connectivity index (χ0) is 15.2. The van der Waals surface area contributed by atoms with Gasteiger partial charge in [0, 0.05) is 5.56 Å². The van der Waals surface area contributed by atoms with Crippen LogP contribution in [-0.4, -0.2) is 32.3 Å². The number of methoxy groups -OCH3 is 2. The number of azo groups is 1. The number of ether oxygens (including phenoxy) is 2. The molecule has 1 aliphatic heterocycles. The summed E-state index contributed by atoms with van der Waals surface area (Å²) in [7, 11) is 3.11. The van der Waals surface area contributed by atoms with Gasteiger partial charge in [-0.05, 0) is 18.2 Å². The summed E-state index contributed by atoms with van der Waals surface area (Å²) < 4.78 is 10.3. The fraction of sp³-hybridized carbons (Fsp3) is 0.154. The standard InChI is InChI=1S/C13H13N5O3/c1-8-12(19)15-13(18-16-8)17-14-7-9-6-10(20-2)4-5-11(9)21-3/h4-7H,1H2,2-3H3,(H,15,17,19)/b14-7+. The van der Waals surface area contributed by atoms with Crippen LogP contribution in [0.2, 0.25) is 0 Å². The van der Waals surface area contributed by atoms with Gasteiger partial charge in [-0.1, -0.05) is 6.58 Å². The summed E-state index contributed by atoms with van der Waals surface area (Å²) in [5.41, 5.74) is 0.692. The molecule has 2 rings (SSSR count). The van der Waals surface area contributed by atoms with E-state index in [1.807, 2.05) is 0 Å². The highest BCUT2D eigenvalue weighted by Crippen LogP contribution is 2.22. The number of benzene rings is 1. The molecule has 108 valence electrons. The van der Waals surface area contributed by atoms with Crippen LogP contribution in [0.25, 0.3) is 0 Å². The van der Waals surface area contributed by atoms with Crippen LogP contribution in [0.1, 0.15) is 5.56 Å². The minimum Gasteiger partial charge on any atom is -0.497 e. The molecule has 0 unspecified atom stereocenters. The average Bonchev–Trinajstić information content (AvgIpc) is 2.50. The Labute approximate surface area is 120 Å². The van der Waals surface area contributed by atoms with E-state index in [0.29, 0.717) is 17.1 Å². The lowest BCUT2D eigenvalue weighted by molar-refractivity contribution is -0.116. The second kappa shape index (κ2) is 6.42. The summed E-state index contributed by atoms with van der Waals surface area (Å²) >= 11 is 0. The Morgan fingerprint density at radius 1 is 1.29 bits per heavy atom. The minimum absolute atomic E-state index is 0.00878. The molecule has 0 saturated heterocycles. The molecule has 0 bridgehead atoms. The van der Waals surface area contributed by atoms with Gasteiger partial charge in [0.1, 0.15) is 17.2 Å². The Balaban J connectivity index is 2.20. The molecule has 1 amide bonds. The van der Waals surface area contributed by atoms with Crippen molar-refractivity contribution in [3.8, 4) is 11.5 Å². The first-order valence-electron chi connectivity index (χ1n) is 5.89. The molecule has 1 N–H and O–H groups in total. The van der Waals surface area contributed by atoms with Gasteiger partial charge in [0.25, 0.3) is 11.9 Å². The number of carbonyl (C=O) groups is 1. The molecule has 0 atom stereocenters. The largest absolute Gasteiger partial charge is 0.497 e. The van der Waals surface area contributed by atoms with E-state index in [4.69, 9.17) is 9.47 Å². The van der Waals surface area contributed by atoms with E-state index in [9.17, 15) is 4.79 Å². The van der Waals surface area contributed by atoms with Crippen molar-refractivity contribution < 1.29 is 14.3 Å². The molecular weight excluding hydrogens is 274 g/mol. The molecular formula is C13H13N5O3. The number of nitrogens with one attached hydrogen (secondary N) is 1. The fourth-order valence-electron chi connectivity index (χ4n) is 1.48. The number of amides is 1. The van der Waals surface area contributed by atoms with Crippen molar-refractivity contribution >= 4 is 18.1 Å². The molecule has 21 heavy (non-hydrogen) atoms. The molecule has 1 heterocycles. The predicted molar refractivity (Wildman–Crippen MR) is 76.7 cm³/mol. The van der Waals surface area contributed by atoms with Crippen molar-refractivity contribution in [2.45, 2.75) is 0 Å². The van der Waals surface area contributed by atoms with E-state index in [0.717, 1.165) is 0 Å². The highest BCUT2D eigenvalue weighted by Gasteiger charge is 2.14. The van der Waals surface area contributed by atoms with Crippen LogP contribution in [0.5, 0.6) is 11.5 Å². The van der Waals surface area contributed by atoms with Gasteiger partial charge < -0.3 is 9.47 Å². The first kappa shape index (κ1) is 14.4. The summed E-state index contributed by atoms with van der Waals surface area (Å²) in [6.07, 6.45) is 1.46. The lowest BCUT2D eigenvalue weighted by Crippen LogP contribution is -2.32. The SMILES string of the molecule is C=C1N=N/C(=N/N=C/c2cc(OC)ccc2OC)NC1=O. The van der Waals surface area contributed by atoms with Gasteiger partial charge in [-0.15, -0.1) is 15.3 Å². The normalized spacial score (nSPS) is 16.4. The molecule has 1 aliphatic rings. The van der Waals surface area contributed by atoms with Crippen molar-refractivity contribution in [2.24, 2.45) is 20.4 Å². The lowest BCUT2D eigenvalue weighted by Gasteiger charge is -2.07. The maximum atomic E-state index is 11.3. The van der Waals surface area contributed by atoms with Gasteiger partial charge in [0.15, 0.2) is 0 Å². The first-order valence-corrected chi connectivity index (χ1v) is 5.89. The van der Waals surface area contributed by atoms with Crippen LogP contribution < -0.4 is 14.8 Å². The first-order chi connectivity index (χ1) is 10.1. The van der Waals surface area contributed by atoms with Crippen molar-refractivity contribution in [1.82, 2.24) is 5.32 Å². The fourth-order valence-corrected chi connectivity index (χ4v) is 1.48. The quantitative estimate of drug-likeness (QED) is 0.516. The molecule has 1 aromatic carbocycles. The third-order valence-electron chi connectivity index (χ3n) is 2.54. The van der Waals surface area contributed by atoms with E-state index in [1.165, 1.54) is 6.21 Å². The summed E-state index contributed by atoms with van der Waals surface area (Å²) in [4.78, 5) is 11.3. The zero-order valence-corrected chi connectivity index (χ0v) is 11.5. The molecule has 8 nitrogen and oxygen atoms in total. The van der Waals surface area contributed by atoms with Crippen molar-refractivity contribution in [2.75, 3.05) is 14.2 Å². The van der Waals surface area contributed by atoms with Crippen LogP contribution in [0.4, 0.5) is 0 Å². The number of hydrogen-bond acceptors (Lipinski definition) is 6. The summed E-state index contributed by atoms with van der Waals surface area (Å²) in [5.74, 6) is 0.803. The molecule has 0 saturated carbocycles. The lowest BCUT2D eigenvalue weighted by atomic mass is 10.2. The monoisotopic (exact) mass is 287 g/mol. The van der Waals surface area contributed by atoms with Crippen LogP contribution in [0.3, 0.4) is 0 Å². The van der Waals surface area contributed by atoms with Gasteiger partial charge >= 0.3 is 0 Å². The number of carbonyl (C=O) groups excluding carboxylic acids is 1. The average molecular weight is 287 g/mol. The topological polar surface area (TPSA) is 97.0 Å². The second-order valence-corrected chi connectivity index (χ2v) is 3.88. The van der Waals surface area contributed by atoms with E-state index in [-0.39, 0.29) is 11.7 Å². The van der Waals surface area contributed by atoms with Gasteiger partial charge in [0.2, 0.25) is 0 Å². The molecule has 0 aromatic heterocycles. The van der Waals surface area contributed by atoms with Crippen LogP contribution >= 0.6 is 0 Å². The molecule has 0 radical (unpaired) electrons. The van der Waals surface area contributed by atoms with E-state index >= 15 is 0 Å². The van der Waals surface area contributed by atoms with Crippen LogP contribution in [-0.2, 0) is 4.79 Å². The number of nitrogens with zero attached hydrogens (tertiary/aromatic N) is 4. The molecule has 0 aliphatic carbocycles. The Bertz CT molecular complexity index is 664. The maximum Gasteiger partial charge on any atom is 0.277 e.